The van der Waals surface area contributed by atoms with Crippen LogP contribution in [-0.2, 0) is 4.79 Å². The van der Waals surface area contributed by atoms with E-state index in [-0.39, 0.29) is 11.7 Å². The second kappa shape index (κ2) is 6.82. The lowest BCUT2D eigenvalue weighted by Crippen LogP contribution is -2.27. The maximum absolute atomic E-state index is 12.9. The highest BCUT2D eigenvalue weighted by atomic mass is 32.2. The molecule has 1 saturated heterocycles. The molecule has 1 fully saturated rings. The predicted molar refractivity (Wildman–Crippen MR) is 108 cm³/mol. The van der Waals surface area contributed by atoms with Gasteiger partial charge < -0.3 is 5.73 Å². The van der Waals surface area contributed by atoms with Gasteiger partial charge in [0.05, 0.1) is 10.6 Å². The first-order chi connectivity index (χ1) is 11.9. The molecule has 3 rings (SSSR count). The number of allylic oxidation sites excluding steroid dienone is 1. The Morgan fingerprint density at radius 1 is 1.00 bits per heavy atom. The van der Waals surface area contributed by atoms with E-state index >= 15 is 0 Å². The summed E-state index contributed by atoms with van der Waals surface area (Å²) in [5.41, 5.74) is 9.45. The lowest BCUT2D eigenvalue weighted by atomic mass is 10.1. The zero-order valence-electron chi connectivity index (χ0n) is 13.8. The number of amides is 1. The molecule has 0 bridgehead atoms. The van der Waals surface area contributed by atoms with E-state index in [0.717, 1.165) is 11.1 Å². The Morgan fingerprint density at radius 3 is 2.12 bits per heavy atom. The second-order valence-corrected chi connectivity index (χ2v) is 7.33. The first-order valence-electron chi connectivity index (χ1n) is 7.62. The number of nitrogens with zero attached hydrogens (tertiary/aromatic N) is 1. The van der Waals surface area contributed by atoms with Crippen molar-refractivity contribution in [2.75, 3.05) is 10.6 Å². The molecule has 25 heavy (non-hydrogen) atoms. The van der Waals surface area contributed by atoms with E-state index in [9.17, 15) is 9.59 Å². The molecular weight excluding hydrogens is 352 g/mol. The number of anilines is 2. The van der Waals surface area contributed by atoms with Crippen LogP contribution in [0.25, 0.3) is 5.57 Å². The number of rotatable bonds is 3. The summed E-state index contributed by atoms with van der Waals surface area (Å²) < 4.78 is 0.477. The Labute approximate surface area is 155 Å². The van der Waals surface area contributed by atoms with Crippen LogP contribution in [0.2, 0.25) is 0 Å². The van der Waals surface area contributed by atoms with Crippen molar-refractivity contribution >= 4 is 56.9 Å². The summed E-state index contributed by atoms with van der Waals surface area (Å²) in [4.78, 5) is 26.4. The maximum atomic E-state index is 12.9. The average Bonchev–Trinajstić information content (AvgIpc) is 2.89. The fourth-order valence-electron chi connectivity index (χ4n) is 2.53. The Bertz CT molecular complexity index is 900. The van der Waals surface area contributed by atoms with Gasteiger partial charge in [-0.2, -0.15) is 0 Å². The van der Waals surface area contributed by atoms with Crippen molar-refractivity contribution < 1.29 is 9.59 Å². The number of nitrogen functional groups attached to an aromatic ring is 1. The van der Waals surface area contributed by atoms with Crippen molar-refractivity contribution in [3.8, 4) is 0 Å². The van der Waals surface area contributed by atoms with Gasteiger partial charge in [0.1, 0.15) is 0 Å². The van der Waals surface area contributed by atoms with Crippen molar-refractivity contribution in [1.29, 1.82) is 0 Å². The number of benzene rings is 2. The number of thiocarbonyl (C=S) groups is 1. The van der Waals surface area contributed by atoms with E-state index in [1.54, 1.807) is 36.4 Å². The van der Waals surface area contributed by atoms with Crippen LogP contribution < -0.4 is 10.6 Å². The van der Waals surface area contributed by atoms with Crippen molar-refractivity contribution in [3.63, 3.8) is 0 Å². The molecule has 0 radical (unpaired) electrons. The van der Waals surface area contributed by atoms with Gasteiger partial charge in [-0.05, 0) is 61.4 Å². The molecule has 1 heterocycles. The largest absolute Gasteiger partial charge is 0.399 e. The monoisotopic (exact) mass is 368 g/mol. The average molecular weight is 368 g/mol. The number of carbonyl (C=O) groups is 2. The van der Waals surface area contributed by atoms with Gasteiger partial charge in [-0.1, -0.05) is 36.1 Å². The van der Waals surface area contributed by atoms with Gasteiger partial charge in [0, 0.05) is 11.3 Å². The van der Waals surface area contributed by atoms with Crippen molar-refractivity contribution in [1.82, 2.24) is 0 Å². The van der Waals surface area contributed by atoms with Gasteiger partial charge in [0.25, 0.3) is 5.91 Å². The zero-order valence-corrected chi connectivity index (χ0v) is 15.4. The van der Waals surface area contributed by atoms with Crippen LogP contribution in [0.4, 0.5) is 11.4 Å². The minimum absolute atomic E-state index is 0.0176. The molecule has 1 aliphatic heterocycles. The number of carbonyl (C=O) groups excluding carboxylic acids is 2. The van der Waals surface area contributed by atoms with Crippen LogP contribution >= 0.6 is 24.0 Å². The van der Waals surface area contributed by atoms with E-state index in [4.69, 9.17) is 18.0 Å². The first kappa shape index (κ1) is 17.4. The molecule has 1 aliphatic rings. The molecule has 0 aromatic heterocycles. The fraction of sp³-hybridized carbons (Fsp3) is 0.105. The van der Waals surface area contributed by atoms with E-state index in [0.29, 0.717) is 26.2 Å². The number of Topliss-reactive ketones (excluding diaryl/α,β-unsaturated/α-hetero) is 1. The van der Waals surface area contributed by atoms with Crippen LogP contribution in [-0.4, -0.2) is 16.0 Å². The standard InChI is InChI=1S/C19H16N2O2S2/c1-11(13-3-7-15(20)8-4-13)17-18(23)21(19(24)25-17)16-9-5-14(6-10-16)12(2)22/h3-10H,20H2,1-2H3/b17-11-. The Hall–Kier alpha value is -2.44. The van der Waals surface area contributed by atoms with Crippen LogP contribution in [0.15, 0.2) is 53.4 Å². The van der Waals surface area contributed by atoms with E-state index in [1.807, 2.05) is 19.1 Å². The number of hydrogen-bond donors (Lipinski definition) is 1. The molecule has 2 aromatic rings. The van der Waals surface area contributed by atoms with Crippen LogP contribution in [0.1, 0.15) is 29.8 Å². The minimum atomic E-state index is -0.153. The third-order valence-electron chi connectivity index (χ3n) is 3.99. The summed E-state index contributed by atoms with van der Waals surface area (Å²) in [5.74, 6) is -0.170. The van der Waals surface area contributed by atoms with Crippen LogP contribution in [0, 0.1) is 0 Å². The van der Waals surface area contributed by atoms with Gasteiger partial charge in [-0.25, -0.2) is 0 Å². The highest BCUT2D eigenvalue weighted by Gasteiger charge is 2.34. The molecule has 4 nitrogen and oxygen atoms in total. The highest BCUT2D eigenvalue weighted by molar-refractivity contribution is 8.27. The van der Waals surface area contributed by atoms with Gasteiger partial charge in [0.15, 0.2) is 10.1 Å². The third-order valence-corrected chi connectivity index (χ3v) is 5.46. The number of hydrogen-bond acceptors (Lipinski definition) is 5. The number of ketones is 1. The first-order valence-corrected chi connectivity index (χ1v) is 8.85. The van der Waals surface area contributed by atoms with Gasteiger partial charge in [0.2, 0.25) is 0 Å². The van der Waals surface area contributed by atoms with Gasteiger partial charge >= 0.3 is 0 Å². The lowest BCUT2D eigenvalue weighted by Gasteiger charge is -2.15. The van der Waals surface area contributed by atoms with Crippen molar-refractivity contribution in [3.05, 3.63) is 64.6 Å². The molecule has 2 aromatic carbocycles. The summed E-state index contributed by atoms with van der Waals surface area (Å²) in [6.45, 7) is 3.41. The minimum Gasteiger partial charge on any atom is -0.399 e. The molecule has 6 heteroatoms. The van der Waals surface area contributed by atoms with E-state index in [1.165, 1.54) is 23.6 Å². The van der Waals surface area contributed by atoms with Crippen molar-refractivity contribution in [2.24, 2.45) is 0 Å². The molecule has 126 valence electrons. The summed E-state index contributed by atoms with van der Waals surface area (Å²) in [6.07, 6.45) is 0. The molecule has 1 amide bonds. The Kier molecular flexibility index (Phi) is 4.74. The quantitative estimate of drug-likeness (QED) is 0.379. The van der Waals surface area contributed by atoms with E-state index < -0.39 is 0 Å². The normalized spacial score (nSPS) is 16.3. The molecule has 0 aliphatic carbocycles. The topological polar surface area (TPSA) is 63.4 Å². The molecule has 0 spiro atoms. The lowest BCUT2D eigenvalue weighted by molar-refractivity contribution is -0.113. The summed E-state index contributed by atoms with van der Waals surface area (Å²) in [6, 6.07) is 14.3. The van der Waals surface area contributed by atoms with E-state index in [2.05, 4.69) is 0 Å². The molecule has 0 saturated carbocycles. The smallest absolute Gasteiger partial charge is 0.271 e. The number of thioether (sulfide) groups is 1. The summed E-state index contributed by atoms with van der Waals surface area (Å²) >= 11 is 6.68. The predicted octanol–water partition coefficient (Wildman–Crippen LogP) is 4.27. The molecule has 0 atom stereocenters. The second-order valence-electron chi connectivity index (χ2n) is 5.69. The van der Waals surface area contributed by atoms with Crippen molar-refractivity contribution in [2.45, 2.75) is 13.8 Å². The van der Waals surface area contributed by atoms with Crippen LogP contribution in [0.5, 0.6) is 0 Å². The number of nitrogens with two attached hydrogens (primary N) is 1. The molecular formula is C19H16N2O2S2. The van der Waals surface area contributed by atoms with Gasteiger partial charge in [-0.15, -0.1) is 0 Å². The maximum Gasteiger partial charge on any atom is 0.271 e. The van der Waals surface area contributed by atoms with Gasteiger partial charge in [-0.3, -0.25) is 14.5 Å². The SMILES string of the molecule is CC(=O)c1ccc(N2C(=O)/C(=C(\C)c3ccc(N)cc3)SC2=S)cc1. The Morgan fingerprint density at radius 2 is 1.56 bits per heavy atom. The molecule has 2 N–H and O–H groups in total. The summed E-state index contributed by atoms with van der Waals surface area (Å²) in [7, 11) is 0. The highest BCUT2D eigenvalue weighted by Crippen LogP contribution is 2.39. The third kappa shape index (κ3) is 3.36. The molecule has 0 unspecified atom stereocenters. The zero-order chi connectivity index (χ0) is 18.1. The fourth-order valence-corrected chi connectivity index (χ4v) is 3.87. The Balaban J connectivity index is 1.95. The summed E-state index contributed by atoms with van der Waals surface area (Å²) in [5, 5.41) is 0. The van der Waals surface area contributed by atoms with Crippen LogP contribution in [0.3, 0.4) is 0 Å².